The van der Waals surface area contributed by atoms with Crippen LogP contribution < -0.4 is 0 Å². The molecule has 158 valence electrons. The molecule has 0 unspecified atom stereocenters. The lowest BCUT2D eigenvalue weighted by atomic mass is 10.2. The topological polar surface area (TPSA) is 58.4 Å². The molecule has 1 saturated heterocycles. The second kappa shape index (κ2) is 7.67. The maximum Gasteiger partial charge on any atom is 0.243 e. The molecule has 1 aromatic carbocycles. The van der Waals surface area contributed by atoms with Gasteiger partial charge in [0, 0.05) is 32.2 Å². The van der Waals surface area contributed by atoms with Crippen LogP contribution in [0.3, 0.4) is 0 Å². The number of rotatable bonds is 8. The van der Waals surface area contributed by atoms with Gasteiger partial charge in [0.05, 0.1) is 22.5 Å². The quantitative estimate of drug-likeness (QED) is 0.660. The number of imidazole rings is 1. The van der Waals surface area contributed by atoms with Crippen molar-refractivity contribution >= 4 is 21.1 Å². The lowest BCUT2D eigenvalue weighted by Crippen LogP contribution is -2.35. The van der Waals surface area contributed by atoms with E-state index in [1.54, 1.807) is 16.4 Å². The number of nitrogens with zero attached hydrogens (tertiary/aromatic N) is 4. The Bertz CT molecular complexity index is 986. The van der Waals surface area contributed by atoms with Crippen LogP contribution in [-0.2, 0) is 23.1 Å². The number of hydrogen-bond donors (Lipinski definition) is 0. The number of aromatic nitrogens is 2. The van der Waals surface area contributed by atoms with Crippen LogP contribution in [0.15, 0.2) is 23.1 Å². The van der Waals surface area contributed by atoms with E-state index in [-0.39, 0.29) is 0 Å². The average molecular weight is 417 g/mol. The van der Waals surface area contributed by atoms with Gasteiger partial charge in [-0.25, -0.2) is 13.4 Å². The molecule has 0 radical (unpaired) electrons. The van der Waals surface area contributed by atoms with Crippen LogP contribution in [-0.4, -0.2) is 52.9 Å². The summed E-state index contributed by atoms with van der Waals surface area (Å²) in [6.07, 6.45) is 8.36. The van der Waals surface area contributed by atoms with E-state index in [0.717, 1.165) is 61.2 Å². The first-order valence-corrected chi connectivity index (χ1v) is 12.7. The van der Waals surface area contributed by atoms with Crippen molar-refractivity contribution < 1.29 is 8.42 Å². The predicted molar refractivity (Wildman–Crippen MR) is 114 cm³/mol. The first-order chi connectivity index (χ1) is 14.1. The summed E-state index contributed by atoms with van der Waals surface area (Å²) in [7, 11) is -3.42. The molecule has 1 aromatic heterocycles. The molecule has 2 aliphatic carbocycles. The molecule has 2 aromatic rings. The van der Waals surface area contributed by atoms with Crippen LogP contribution in [0.4, 0.5) is 0 Å². The molecule has 0 bridgehead atoms. The molecule has 0 amide bonds. The van der Waals surface area contributed by atoms with E-state index in [9.17, 15) is 8.42 Å². The lowest BCUT2D eigenvalue weighted by Gasteiger charge is -2.25. The molecule has 5 rings (SSSR count). The van der Waals surface area contributed by atoms with Crippen LogP contribution in [0.2, 0.25) is 0 Å². The fourth-order valence-corrected chi connectivity index (χ4v) is 6.18. The molecule has 2 heterocycles. The highest BCUT2D eigenvalue weighted by Crippen LogP contribution is 2.36. The monoisotopic (exact) mass is 416 g/mol. The molecule has 0 spiro atoms. The third kappa shape index (κ3) is 3.97. The van der Waals surface area contributed by atoms with Gasteiger partial charge >= 0.3 is 0 Å². The van der Waals surface area contributed by atoms with Crippen molar-refractivity contribution in [3.05, 3.63) is 24.0 Å². The van der Waals surface area contributed by atoms with E-state index >= 15 is 0 Å². The van der Waals surface area contributed by atoms with E-state index in [2.05, 4.69) is 16.4 Å². The third-order valence-electron chi connectivity index (χ3n) is 6.67. The molecule has 29 heavy (non-hydrogen) atoms. The largest absolute Gasteiger partial charge is 0.327 e. The highest BCUT2D eigenvalue weighted by molar-refractivity contribution is 7.89. The molecule has 7 heteroatoms. The zero-order valence-electron chi connectivity index (χ0n) is 17.4. The second-order valence-corrected chi connectivity index (χ2v) is 10.9. The SMILES string of the molecule is CCn1c(CN(CC2CC2)C2CC2)nc2cc(S(=O)(=O)N3CCCCC3)ccc21. The normalized spacial score (nSPS) is 21.3. The van der Waals surface area contributed by atoms with Crippen LogP contribution >= 0.6 is 0 Å². The summed E-state index contributed by atoms with van der Waals surface area (Å²) in [4.78, 5) is 7.91. The molecule has 3 aliphatic rings. The van der Waals surface area contributed by atoms with Gasteiger partial charge in [-0.2, -0.15) is 4.31 Å². The van der Waals surface area contributed by atoms with Crippen molar-refractivity contribution in [2.24, 2.45) is 5.92 Å². The standard InChI is InChI=1S/C22H32N4O2S/c1-2-26-21-11-10-19(29(27,28)25-12-4-3-5-13-25)14-20(21)23-22(26)16-24(18-8-9-18)15-17-6-7-17/h10-11,14,17-18H,2-9,12-13,15-16H2,1H3. The van der Waals surface area contributed by atoms with Gasteiger partial charge in [-0.1, -0.05) is 6.42 Å². The summed E-state index contributed by atoms with van der Waals surface area (Å²) in [5, 5.41) is 0. The van der Waals surface area contributed by atoms with Crippen molar-refractivity contribution in [3.8, 4) is 0 Å². The van der Waals surface area contributed by atoms with Gasteiger partial charge < -0.3 is 4.57 Å². The summed E-state index contributed by atoms with van der Waals surface area (Å²) >= 11 is 0. The Morgan fingerprint density at radius 3 is 2.52 bits per heavy atom. The Labute approximate surface area is 173 Å². The minimum absolute atomic E-state index is 0.385. The number of hydrogen-bond acceptors (Lipinski definition) is 4. The summed E-state index contributed by atoms with van der Waals surface area (Å²) < 4.78 is 30.1. The predicted octanol–water partition coefficient (Wildman–Crippen LogP) is 3.61. The van der Waals surface area contributed by atoms with Gasteiger partial charge in [-0.05, 0) is 69.6 Å². The summed E-state index contributed by atoms with van der Waals surface area (Å²) in [5.74, 6) is 1.94. The summed E-state index contributed by atoms with van der Waals surface area (Å²) in [5.41, 5.74) is 1.85. The Hall–Kier alpha value is -1.44. The minimum Gasteiger partial charge on any atom is -0.327 e. The minimum atomic E-state index is -3.42. The number of fused-ring (bicyclic) bond motifs is 1. The number of benzene rings is 1. The number of aryl methyl sites for hydroxylation is 1. The molecular weight excluding hydrogens is 384 g/mol. The number of sulfonamides is 1. The smallest absolute Gasteiger partial charge is 0.243 e. The second-order valence-electron chi connectivity index (χ2n) is 8.99. The fraction of sp³-hybridized carbons (Fsp3) is 0.682. The summed E-state index contributed by atoms with van der Waals surface area (Å²) in [6.45, 7) is 6.32. The molecule has 0 N–H and O–H groups in total. The van der Waals surface area contributed by atoms with E-state index < -0.39 is 10.0 Å². The zero-order valence-corrected chi connectivity index (χ0v) is 18.2. The van der Waals surface area contributed by atoms with Crippen molar-refractivity contribution in [3.63, 3.8) is 0 Å². The highest BCUT2D eigenvalue weighted by atomic mass is 32.2. The molecular formula is C22H32N4O2S. The van der Waals surface area contributed by atoms with Crippen LogP contribution in [0.5, 0.6) is 0 Å². The Morgan fingerprint density at radius 2 is 1.86 bits per heavy atom. The molecule has 0 atom stereocenters. The van der Waals surface area contributed by atoms with Gasteiger partial charge in [-0.3, -0.25) is 4.90 Å². The van der Waals surface area contributed by atoms with Crippen molar-refractivity contribution in [2.45, 2.75) is 75.9 Å². The van der Waals surface area contributed by atoms with Gasteiger partial charge in [0.25, 0.3) is 0 Å². The molecule has 3 fully saturated rings. The number of piperidine rings is 1. The van der Waals surface area contributed by atoms with E-state index in [1.165, 1.54) is 32.2 Å². The van der Waals surface area contributed by atoms with Gasteiger partial charge in [0.1, 0.15) is 5.82 Å². The Balaban J connectivity index is 1.45. The average Bonchev–Trinajstić information content (AvgIpc) is 3.65. The van der Waals surface area contributed by atoms with E-state index in [4.69, 9.17) is 4.98 Å². The molecule has 2 saturated carbocycles. The van der Waals surface area contributed by atoms with Crippen molar-refractivity contribution in [1.82, 2.24) is 18.8 Å². The van der Waals surface area contributed by atoms with Crippen LogP contribution in [0, 0.1) is 5.92 Å². The van der Waals surface area contributed by atoms with Gasteiger partial charge in [-0.15, -0.1) is 0 Å². The Morgan fingerprint density at radius 1 is 1.10 bits per heavy atom. The Kier molecular flexibility index (Phi) is 5.16. The van der Waals surface area contributed by atoms with Gasteiger partial charge in [0.2, 0.25) is 10.0 Å². The third-order valence-corrected chi connectivity index (χ3v) is 8.56. The van der Waals surface area contributed by atoms with E-state index in [1.807, 2.05) is 6.07 Å². The first kappa shape index (κ1) is 19.5. The highest BCUT2D eigenvalue weighted by Gasteiger charge is 2.34. The van der Waals surface area contributed by atoms with Crippen molar-refractivity contribution in [2.75, 3.05) is 19.6 Å². The fourth-order valence-electron chi connectivity index (χ4n) is 4.64. The lowest BCUT2D eigenvalue weighted by molar-refractivity contribution is 0.235. The van der Waals surface area contributed by atoms with E-state index in [0.29, 0.717) is 18.0 Å². The van der Waals surface area contributed by atoms with Gasteiger partial charge in [0.15, 0.2) is 0 Å². The maximum atomic E-state index is 13.1. The molecule has 6 nitrogen and oxygen atoms in total. The maximum absolute atomic E-state index is 13.1. The van der Waals surface area contributed by atoms with Crippen LogP contribution in [0.1, 0.15) is 57.7 Å². The zero-order chi connectivity index (χ0) is 20.0. The van der Waals surface area contributed by atoms with Crippen molar-refractivity contribution in [1.29, 1.82) is 0 Å². The first-order valence-electron chi connectivity index (χ1n) is 11.3. The summed E-state index contributed by atoms with van der Waals surface area (Å²) in [6, 6.07) is 6.23. The van der Waals surface area contributed by atoms with Crippen LogP contribution in [0.25, 0.3) is 11.0 Å². The molecule has 1 aliphatic heterocycles.